The number of ether oxygens (including phenoxy) is 2. The predicted molar refractivity (Wildman–Crippen MR) is 124 cm³/mol. The van der Waals surface area contributed by atoms with Crippen LogP contribution in [0.25, 0.3) is 0 Å². The van der Waals surface area contributed by atoms with Crippen molar-refractivity contribution in [1.29, 1.82) is 0 Å². The highest BCUT2D eigenvalue weighted by Gasteiger charge is 2.07. The van der Waals surface area contributed by atoms with Crippen molar-refractivity contribution in [2.75, 3.05) is 23.8 Å². The van der Waals surface area contributed by atoms with Gasteiger partial charge in [0.1, 0.15) is 11.5 Å². The van der Waals surface area contributed by atoms with E-state index in [2.05, 4.69) is 26.6 Å². The average molecular weight is 469 g/mol. The normalized spacial score (nSPS) is 10.4. The van der Waals surface area contributed by atoms with E-state index in [9.17, 15) is 4.79 Å². The molecule has 0 aliphatic carbocycles. The van der Waals surface area contributed by atoms with Crippen LogP contribution in [0.1, 0.15) is 18.1 Å². The molecule has 2 N–H and O–H groups in total. The summed E-state index contributed by atoms with van der Waals surface area (Å²) in [5.41, 5.74) is 3.96. The molecule has 0 bridgehead atoms. The van der Waals surface area contributed by atoms with E-state index >= 15 is 0 Å². The van der Waals surface area contributed by atoms with Gasteiger partial charge in [-0.2, -0.15) is 0 Å². The summed E-state index contributed by atoms with van der Waals surface area (Å²) < 4.78 is 11.9. The minimum absolute atomic E-state index is 0.0592. The molecule has 156 valence electrons. The second kappa shape index (κ2) is 10.7. The van der Waals surface area contributed by atoms with E-state index in [0.717, 1.165) is 32.7 Å². The Hall–Kier alpha value is -2.99. The number of halogens is 1. The van der Waals surface area contributed by atoms with Gasteiger partial charge in [0, 0.05) is 17.9 Å². The predicted octanol–water partition coefficient (Wildman–Crippen LogP) is 5.79. The van der Waals surface area contributed by atoms with Crippen molar-refractivity contribution in [3.8, 4) is 11.5 Å². The molecule has 0 aliphatic rings. The van der Waals surface area contributed by atoms with Crippen molar-refractivity contribution < 1.29 is 14.3 Å². The van der Waals surface area contributed by atoms with Gasteiger partial charge in [-0.3, -0.25) is 4.79 Å². The van der Waals surface area contributed by atoms with Gasteiger partial charge in [0.2, 0.25) is 0 Å². The summed E-state index contributed by atoms with van der Waals surface area (Å²) in [5.74, 6) is 1.28. The number of hydrogen-bond donors (Lipinski definition) is 2. The van der Waals surface area contributed by atoms with Crippen LogP contribution < -0.4 is 20.1 Å². The molecular formula is C24H25BrN2O3. The van der Waals surface area contributed by atoms with Crippen LogP contribution in [-0.4, -0.2) is 19.1 Å². The lowest BCUT2D eigenvalue weighted by Crippen LogP contribution is -2.20. The molecule has 3 aromatic carbocycles. The Morgan fingerprint density at radius 2 is 1.77 bits per heavy atom. The summed E-state index contributed by atoms with van der Waals surface area (Å²) in [6.45, 7) is 5.21. The van der Waals surface area contributed by atoms with Crippen LogP contribution in [0.2, 0.25) is 0 Å². The maximum Gasteiger partial charge on any atom is 0.262 e. The molecule has 0 unspecified atom stereocenters. The number of amides is 1. The maximum absolute atomic E-state index is 12.1. The van der Waals surface area contributed by atoms with E-state index in [-0.39, 0.29) is 12.5 Å². The SMILES string of the molecule is CCOc1ccc(NCc2ccc(OCC(=O)Nc3cccc(C)c3)c(Br)c2)cc1. The fourth-order valence-corrected chi connectivity index (χ4v) is 3.42. The first-order chi connectivity index (χ1) is 14.5. The van der Waals surface area contributed by atoms with Crippen molar-refractivity contribution in [3.05, 3.63) is 82.3 Å². The highest BCUT2D eigenvalue weighted by atomic mass is 79.9. The zero-order valence-electron chi connectivity index (χ0n) is 17.1. The molecule has 0 aliphatic heterocycles. The molecule has 0 saturated carbocycles. The molecule has 30 heavy (non-hydrogen) atoms. The first kappa shape index (κ1) is 21.7. The smallest absolute Gasteiger partial charge is 0.262 e. The third kappa shape index (κ3) is 6.52. The zero-order valence-corrected chi connectivity index (χ0v) is 18.7. The lowest BCUT2D eigenvalue weighted by Gasteiger charge is -2.12. The van der Waals surface area contributed by atoms with Gasteiger partial charge >= 0.3 is 0 Å². The Kier molecular flexibility index (Phi) is 7.74. The topological polar surface area (TPSA) is 59.6 Å². The number of benzene rings is 3. The van der Waals surface area contributed by atoms with Gasteiger partial charge < -0.3 is 20.1 Å². The summed E-state index contributed by atoms with van der Waals surface area (Å²) in [6, 6.07) is 21.3. The van der Waals surface area contributed by atoms with E-state index < -0.39 is 0 Å². The van der Waals surface area contributed by atoms with Gasteiger partial charge in [-0.05, 0) is 89.4 Å². The molecule has 3 rings (SSSR count). The standard InChI is InChI=1S/C24H25BrN2O3/c1-3-29-21-10-8-19(9-11-21)26-15-18-7-12-23(22(25)14-18)30-16-24(28)27-20-6-4-5-17(2)13-20/h4-14,26H,3,15-16H2,1-2H3,(H,27,28). The number of rotatable bonds is 9. The van der Waals surface area contributed by atoms with Gasteiger partial charge in [0.05, 0.1) is 11.1 Å². The third-order valence-corrected chi connectivity index (χ3v) is 4.94. The minimum Gasteiger partial charge on any atom is -0.494 e. The molecule has 0 radical (unpaired) electrons. The van der Waals surface area contributed by atoms with Crippen LogP contribution >= 0.6 is 15.9 Å². The monoisotopic (exact) mass is 468 g/mol. The molecular weight excluding hydrogens is 444 g/mol. The second-order valence-corrected chi connectivity index (χ2v) is 7.64. The van der Waals surface area contributed by atoms with Crippen LogP contribution in [0.4, 0.5) is 11.4 Å². The number of aryl methyl sites for hydroxylation is 1. The average Bonchev–Trinajstić information content (AvgIpc) is 2.73. The number of nitrogens with one attached hydrogen (secondary N) is 2. The lowest BCUT2D eigenvalue weighted by molar-refractivity contribution is -0.118. The van der Waals surface area contributed by atoms with Crippen LogP contribution in [0, 0.1) is 6.92 Å². The lowest BCUT2D eigenvalue weighted by atomic mass is 10.2. The Bertz CT molecular complexity index is 990. The van der Waals surface area contributed by atoms with Crippen molar-refractivity contribution in [3.63, 3.8) is 0 Å². The van der Waals surface area contributed by atoms with Gasteiger partial charge in [-0.15, -0.1) is 0 Å². The highest BCUT2D eigenvalue weighted by Crippen LogP contribution is 2.26. The first-order valence-electron chi connectivity index (χ1n) is 9.78. The summed E-state index contributed by atoms with van der Waals surface area (Å²) in [6.07, 6.45) is 0. The third-order valence-electron chi connectivity index (χ3n) is 4.32. The Balaban J connectivity index is 1.50. The molecule has 0 fully saturated rings. The quantitative estimate of drug-likeness (QED) is 0.417. The number of anilines is 2. The molecule has 0 aromatic heterocycles. The molecule has 1 amide bonds. The van der Waals surface area contributed by atoms with Crippen LogP contribution in [0.5, 0.6) is 11.5 Å². The highest BCUT2D eigenvalue weighted by molar-refractivity contribution is 9.10. The molecule has 0 saturated heterocycles. The fraction of sp³-hybridized carbons (Fsp3) is 0.208. The summed E-state index contributed by atoms with van der Waals surface area (Å²) >= 11 is 3.53. The molecule has 5 nitrogen and oxygen atoms in total. The molecule has 0 atom stereocenters. The van der Waals surface area contributed by atoms with Gasteiger partial charge in [-0.25, -0.2) is 0 Å². The van der Waals surface area contributed by atoms with Gasteiger partial charge in [0.15, 0.2) is 6.61 Å². The maximum atomic E-state index is 12.1. The summed E-state index contributed by atoms with van der Waals surface area (Å²) in [7, 11) is 0. The fourth-order valence-electron chi connectivity index (χ4n) is 2.87. The van der Waals surface area contributed by atoms with Crippen molar-refractivity contribution in [2.24, 2.45) is 0 Å². The van der Waals surface area contributed by atoms with Crippen molar-refractivity contribution in [1.82, 2.24) is 0 Å². The van der Waals surface area contributed by atoms with E-state index in [1.807, 2.05) is 80.6 Å². The van der Waals surface area contributed by atoms with Crippen LogP contribution in [-0.2, 0) is 11.3 Å². The second-order valence-electron chi connectivity index (χ2n) is 6.78. The Morgan fingerprint density at radius 1 is 0.967 bits per heavy atom. The van der Waals surface area contributed by atoms with Gasteiger partial charge in [0.25, 0.3) is 5.91 Å². The summed E-state index contributed by atoms with van der Waals surface area (Å²) in [5, 5.41) is 6.21. The number of carbonyl (C=O) groups excluding carboxylic acids is 1. The van der Waals surface area contributed by atoms with Crippen molar-refractivity contribution in [2.45, 2.75) is 20.4 Å². The number of hydrogen-bond acceptors (Lipinski definition) is 4. The molecule has 3 aromatic rings. The van der Waals surface area contributed by atoms with Crippen molar-refractivity contribution >= 4 is 33.2 Å². The zero-order chi connectivity index (χ0) is 21.3. The first-order valence-corrected chi connectivity index (χ1v) is 10.6. The van der Waals surface area contributed by atoms with E-state index in [0.29, 0.717) is 18.9 Å². The van der Waals surface area contributed by atoms with E-state index in [1.54, 1.807) is 0 Å². The molecule has 0 heterocycles. The van der Waals surface area contributed by atoms with E-state index in [1.165, 1.54) is 0 Å². The Morgan fingerprint density at radius 3 is 2.47 bits per heavy atom. The van der Waals surface area contributed by atoms with Crippen LogP contribution in [0.3, 0.4) is 0 Å². The summed E-state index contributed by atoms with van der Waals surface area (Å²) in [4.78, 5) is 12.1. The molecule has 6 heteroatoms. The van der Waals surface area contributed by atoms with Crippen LogP contribution in [0.15, 0.2) is 71.2 Å². The van der Waals surface area contributed by atoms with E-state index in [4.69, 9.17) is 9.47 Å². The minimum atomic E-state index is -0.200. The molecule has 0 spiro atoms. The number of carbonyl (C=O) groups is 1. The Labute approximate surface area is 185 Å². The van der Waals surface area contributed by atoms with Gasteiger partial charge in [-0.1, -0.05) is 18.2 Å². The largest absolute Gasteiger partial charge is 0.494 e.